The molecule has 0 aliphatic heterocycles. The van der Waals surface area contributed by atoms with Gasteiger partial charge in [-0.1, -0.05) is 0 Å². The van der Waals surface area contributed by atoms with Crippen LogP contribution in [0.4, 0.5) is 30.5 Å². The largest absolute Gasteiger partial charge is 0.394 e. The van der Waals surface area contributed by atoms with Gasteiger partial charge in [0.25, 0.3) is 5.69 Å². The molecule has 4 rings (SSSR count). The highest BCUT2D eigenvalue weighted by atomic mass is 32.1. The summed E-state index contributed by atoms with van der Waals surface area (Å²) in [5, 5.41) is 25.1. The van der Waals surface area contributed by atoms with Gasteiger partial charge in [0.2, 0.25) is 5.95 Å². The molecule has 2 heterocycles. The lowest BCUT2D eigenvalue weighted by Crippen LogP contribution is -2.33. The van der Waals surface area contributed by atoms with Crippen molar-refractivity contribution in [3.05, 3.63) is 57.5 Å². The van der Waals surface area contributed by atoms with Crippen LogP contribution in [0.25, 0.3) is 10.4 Å². The lowest BCUT2D eigenvalue weighted by atomic mass is 9.81. The van der Waals surface area contributed by atoms with Crippen molar-refractivity contribution in [2.45, 2.75) is 37.5 Å². The third-order valence-corrected chi connectivity index (χ3v) is 6.09. The number of nitro groups is 1. The first-order valence-corrected chi connectivity index (χ1v) is 10.1. The Kier molecular flexibility index (Phi) is 5.35. The summed E-state index contributed by atoms with van der Waals surface area (Å²) in [4.78, 5) is 23.4. The molecule has 1 fully saturated rings. The molecule has 0 saturated heterocycles. The van der Waals surface area contributed by atoms with Gasteiger partial charge in [-0.3, -0.25) is 10.1 Å². The molecule has 0 amide bonds. The Morgan fingerprint density at radius 2 is 2.03 bits per heavy atom. The number of rotatable bonds is 6. The molecule has 0 unspecified atom stereocenters. The first-order valence-electron chi connectivity index (χ1n) is 9.26. The van der Waals surface area contributed by atoms with E-state index in [-0.39, 0.29) is 23.0 Å². The average Bonchev–Trinajstić information content (AvgIpc) is 3.15. The summed E-state index contributed by atoms with van der Waals surface area (Å²) in [5.74, 6) is -0.109. The van der Waals surface area contributed by atoms with Gasteiger partial charge in [-0.05, 0) is 31.4 Å². The Balaban J connectivity index is 1.64. The SMILES string of the molecule is O=[N+]([O-])c1cc(Nc2nccc(CC(F)(F)F)n2)cc(-c2cnc(C3(O)CCC3)s2)c1. The molecule has 0 radical (unpaired) electrons. The molecule has 1 saturated carbocycles. The Morgan fingerprint density at radius 3 is 2.68 bits per heavy atom. The van der Waals surface area contributed by atoms with E-state index in [2.05, 4.69) is 20.3 Å². The van der Waals surface area contributed by atoms with Crippen LogP contribution in [0.1, 0.15) is 30.0 Å². The maximum absolute atomic E-state index is 12.6. The summed E-state index contributed by atoms with van der Waals surface area (Å²) in [5.41, 5.74) is -0.668. The highest BCUT2D eigenvalue weighted by Gasteiger charge is 2.39. The first kappa shape index (κ1) is 21.1. The molecular weight excluding hydrogens is 435 g/mol. The van der Waals surface area contributed by atoms with Gasteiger partial charge < -0.3 is 10.4 Å². The Hall–Kier alpha value is -3.12. The number of benzene rings is 1. The predicted octanol–water partition coefficient (Wildman–Crippen LogP) is 4.73. The minimum absolute atomic E-state index is 0.109. The van der Waals surface area contributed by atoms with Gasteiger partial charge in [-0.2, -0.15) is 13.2 Å². The van der Waals surface area contributed by atoms with Gasteiger partial charge in [0.1, 0.15) is 10.6 Å². The Labute approximate surface area is 178 Å². The van der Waals surface area contributed by atoms with E-state index in [0.717, 1.165) is 12.5 Å². The molecular formula is C19H16F3N5O3S. The lowest BCUT2D eigenvalue weighted by molar-refractivity contribution is -0.384. The number of hydrogen-bond donors (Lipinski definition) is 2. The van der Waals surface area contributed by atoms with E-state index in [1.165, 1.54) is 29.7 Å². The van der Waals surface area contributed by atoms with E-state index in [1.807, 2.05) is 0 Å². The zero-order valence-electron chi connectivity index (χ0n) is 15.9. The number of nitrogens with one attached hydrogen (secondary N) is 1. The summed E-state index contributed by atoms with van der Waals surface area (Å²) in [6.07, 6.45) is -0.761. The number of aromatic nitrogens is 3. The maximum atomic E-state index is 12.6. The summed E-state index contributed by atoms with van der Waals surface area (Å²) < 4.78 is 37.9. The highest BCUT2D eigenvalue weighted by Crippen LogP contribution is 2.44. The van der Waals surface area contributed by atoms with Gasteiger partial charge >= 0.3 is 6.18 Å². The Morgan fingerprint density at radius 1 is 1.26 bits per heavy atom. The number of aliphatic hydroxyl groups is 1. The van der Waals surface area contributed by atoms with Crippen LogP contribution in [0.2, 0.25) is 0 Å². The van der Waals surface area contributed by atoms with Crippen LogP contribution in [0, 0.1) is 10.1 Å². The highest BCUT2D eigenvalue weighted by molar-refractivity contribution is 7.15. The Bertz CT molecular complexity index is 1130. The molecule has 0 bridgehead atoms. The quantitative estimate of drug-likeness (QED) is 0.411. The van der Waals surface area contributed by atoms with Crippen molar-refractivity contribution in [2.24, 2.45) is 0 Å². The minimum Gasteiger partial charge on any atom is -0.383 e. The summed E-state index contributed by atoms with van der Waals surface area (Å²) in [7, 11) is 0. The number of hydrogen-bond acceptors (Lipinski definition) is 8. The summed E-state index contributed by atoms with van der Waals surface area (Å²) in [6, 6.07) is 5.36. The van der Waals surface area contributed by atoms with Crippen molar-refractivity contribution in [1.82, 2.24) is 15.0 Å². The van der Waals surface area contributed by atoms with Crippen LogP contribution in [0.15, 0.2) is 36.7 Å². The van der Waals surface area contributed by atoms with Crippen molar-refractivity contribution in [2.75, 3.05) is 5.32 Å². The third kappa shape index (κ3) is 4.80. The molecule has 1 aliphatic carbocycles. The number of nitro benzene ring substituents is 1. The van der Waals surface area contributed by atoms with Gasteiger partial charge in [-0.25, -0.2) is 15.0 Å². The topological polar surface area (TPSA) is 114 Å². The number of anilines is 2. The fourth-order valence-corrected chi connectivity index (χ4v) is 4.22. The molecule has 31 heavy (non-hydrogen) atoms. The van der Waals surface area contributed by atoms with Gasteiger partial charge in [0.15, 0.2) is 0 Å². The van der Waals surface area contributed by atoms with E-state index in [1.54, 1.807) is 12.3 Å². The van der Waals surface area contributed by atoms with Crippen molar-refractivity contribution >= 4 is 28.7 Å². The van der Waals surface area contributed by atoms with Gasteiger partial charge in [0.05, 0.1) is 21.9 Å². The van der Waals surface area contributed by atoms with Crippen LogP contribution in [-0.2, 0) is 12.0 Å². The molecule has 162 valence electrons. The molecule has 1 aromatic carbocycles. The summed E-state index contributed by atoms with van der Waals surface area (Å²) >= 11 is 1.25. The van der Waals surface area contributed by atoms with Crippen LogP contribution < -0.4 is 5.32 Å². The van der Waals surface area contributed by atoms with Crippen LogP contribution >= 0.6 is 11.3 Å². The first-order chi connectivity index (χ1) is 14.6. The standard InChI is InChI=1S/C19H16F3N5O3S/c20-19(21,22)9-12-2-5-23-17(25-12)26-13-6-11(7-14(8-13)27(29)30)15-10-24-16(31-15)18(28)3-1-4-18/h2,5-8,10,28H,1,3-4,9H2,(H,23,25,26). The number of alkyl halides is 3. The molecule has 0 atom stereocenters. The zero-order chi connectivity index (χ0) is 22.2. The van der Waals surface area contributed by atoms with Crippen molar-refractivity contribution < 1.29 is 23.2 Å². The molecule has 3 aromatic rings. The second kappa shape index (κ2) is 7.85. The monoisotopic (exact) mass is 451 g/mol. The van der Waals surface area contributed by atoms with Crippen molar-refractivity contribution in [3.8, 4) is 10.4 Å². The van der Waals surface area contributed by atoms with Crippen molar-refractivity contribution in [1.29, 1.82) is 0 Å². The van der Waals surface area contributed by atoms with E-state index in [0.29, 0.717) is 28.3 Å². The molecule has 8 nitrogen and oxygen atoms in total. The number of nitrogens with zero attached hydrogens (tertiary/aromatic N) is 4. The van der Waals surface area contributed by atoms with Crippen LogP contribution in [-0.4, -0.2) is 31.2 Å². The van der Waals surface area contributed by atoms with Gasteiger partial charge in [0, 0.05) is 35.8 Å². The van der Waals surface area contributed by atoms with E-state index >= 15 is 0 Å². The zero-order valence-corrected chi connectivity index (χ0v) is 16.7. The number of halogens is 3. The molecule has 12 heteroatoms. The molecule has 2 aromatic heterocycles. The lowest BCUT2D eigenvalue weighted by Gasteiger charge is -2.34. The number of thiazole rings is 1. The van der Waals surface area contributed by atoms with Crippen LogP contribution in [0.3, 0.4) is 0 Å². The number of non-ortho nitro benzene ring substituents is 1. The minimum atomic E-state index is -4.42. The summed E-state index contributed by atoms with van der Waals surface area (Å²) in [6.45, 7) is 0. The van der Waals surface area contributed by atoms with E-state index < -0.39 is 23.1 Å². The molecule has 0 spiro atoms. The van der Waals surface area contributed by atoms with Crippen LogP contribution in [0.5, 0.6) is 0 Å². The van der Waals surface area contributed by atoms with Crippen molar-refractivity contribution in [3.63, 3.8) is 0 Å². The smallest absolute Gasteiger partial charge is 0.383 e. The third-order valence-electron chi connectivity index (χ3n) is 4.85. The van der Waals surface area contributed by atoms with E-state index in [4.69, 9.17) is 0 Å². The normalized spacial score (nSPS) is 15.4. The molecule has 1 aliphatic rings. The average molecular weight is 451 g/mol. The fourth-order valence-electron chi connectivity index (χ4n) is 3.17. The maximum Gasteiger partial charge on any atom is 0.394 e. The van der Waals surface area contributed by atoms with E-state index in [9.17, 15) is 28.4 Å². The van der Waals surface area contributed by atoms with Gasteiger partial charge in [-0.15, -0.1) is 11.3 Å². The second-order valence-electron chi connectivity index (χ2n) is 7.23. The fraction of sp³-hybridized carbons (Fsp3) is 0.316. The molecule has 2 N–H and O–H groups in total. The second-order valence-corrected chi connectivity index (χ2v) is 8.26. The predicted molar refractivity (Wildman–Crippen MR) is 107 cm³/mol.